The van der Waals surface area contributed by atoms with Crippen LogP contribution in [-0.2, 0) is 4.79 Å². The lowest BCUT2D eigenvalue weighted by Crippen LogP contribution is -2.23. The zero-order valence-corrected chi connectivity index (χ0v) is 12.0. The van der Waals surface area contributed by atoms with Crippen molar-refractivity contribution in [2.75, 3.05) is 33.9 Å². The zero-order chi connectivity index (χ0) is 14.5. The molecule has 110 valence electrons. The minimum absolute atomic E-state index is 0.203. The molecule has 2 rings (SSSR count). The van der Waals surface area contributed by atoms with Gasteiger partial charge < -0.3 is 19.5 Å². The van der Waals surface area contributed by atoms with Crippen LogP contribution in [0.25, 0.3) is 0 Å². The van der Waals surface area contributed by atoms with Crippen molar-refractivity contribution < 1.29 is 19.4 Å². The second-order valence-corrected chi connectivity index (χ2v) is 5.08. The van der Waals surface area contributed by atoms with Crippen LogP contribution in [0, 0.1) is 0 Å². The molecule has 1 aliphatic heterocycles. The lowest BCUT2D eigenvalue weighted by Gasteiger charge is -2.16. The number of hydrogen-bond donors (Lipinski definition) is 1. The first-order valence-corrected chi connectivity index (χ1v) is 6.79. The van der Waals surface area contributed by atoms with E-state index >= 15 is 0 Å². The second-order valence-electron chi connectivity index (χ2n) is 5.08. The maximum Gasteiger partial charge on any atom is 0.304 e. The zero-order valence-electron chi connectivity index (χ0n) is 12.0. The van der Waals surface area contributed by atoms with E-state index in [0.717, 1.165) is 31.0 Å². The molecule has 5 heteroatoms. The van der Waals surface area contributed by atoms with Gasteiger partial charge in [0.15, 0.2) is 0 Å². The number of ether oxygens (including phenoxy) is 2. The maximum atomic E-state index is 10.6. The fourth-order valence-corrected chi connectivity index (χ4v) is 2.63. The molecular formula is C15H21NO4. The Morgan fingerprint density at radius 2 is 1.95 bits per heavy atom. The topological polar surface area (TPSA) is 59.0 Å². The lowest BCUT2D eigenvalue weighted by molar-refractivity contribution is -0.137. The van der Waals surface area contributed by atoms with E-state index in [0.29, 0.717) is 12.5 Å². The molecule has 5 nitrogen and oxygen atoms in total. The van der Waals surface area contributed by atoms with E-state index < -0.39 is 5.97 Å². The van der Waals surface area contributed by atoms with Gasteiger partial charge in [0.05, 0.1) is 20.6 Å². The minimum Gasteiger partial charge on any atom is -0.497 e. The molecule has 1 unspecified atom stereocenters. The molecule has 1 N–H and O–H groups in total. The number of likely N-dealkylation sites (tertiary alicyclic amines) is 1. The second kappa shape index (κ2) is 6.61. The number of methoxy groups -OCH3 is 2. The number of benzene rings is 1. The Morgan fingerprint density at radius 3 is 2.50 bits per heavy atom. The summed E-state index contributed by atoms with van der Waals surface area (Å²) in [7, 11) is 3.29. The first kappa shape index (κ1) is 14.7. The molecule has 1 aromatic carbocycles. The summed E-state index contributed by atoms with van der Waals surface area (Å²) in [5, 5.41) is 8.73. The van der Waals surface area contributed by atoms with E-state index in [1.807, 2.05) is 18.2 Å². The van der Waals surface area contributed by atoms with Crippen LogP contribution in [0.1, 0.15) is 24.3 Å². The van der Waals surface area contributed by atoms with Crippen molar-refractivity contribution in [2.24, 2.45) is 0 Å². The van der Waals surface area contributed by atoms with Crippen LogP contribution in [0.15, 0.2) is 18.2 Å². The van der Waals surface area contributed by atoms with E-state index in [-0.39, 0.29) is 6.42 Å². The van der Waals surface area contributed by atoms with Crippen molar-refractivity contribution in [1.82, 2.24) is 4.90 Å². The van der Waals surface area contributed by atoms with Gasteiger partial charge in [-0.3, -0.25) is 4.79 Å². The van der Waals surface area contributed by atoms with Crippen LogP contribution in [-0.4, -0.2) is 49.8 Å². The Balaban J connectivity index is 2.03. The number of nitrogens with zero attached hydrogens (tertiary/aromatic N) is 1. The van der Waals surface area contributed by atoms with Crippen LogP contribution in [0.5, 0.6) is 11.5 Å². The van der Waals surface area contributed by atoms with Gasteiger partial charge in [0.25, 0.3) is 0 Å². The van der Waals surface area contributed by atoms with Gasteiger partial charge in [-0.1, -0.05) is 0 Å². The third-order valence-electron chi connectivity index (χ3n) is 3.76. The van der Waals surface area contributed by atoms with Crippen molar-refractivity contribution in [1.29, 1.82) is 0 Å². The van der Waals surface area contributed by atoms with Crippen LogP contribution >= 0.6 is 0 Å². The predicted molar refractivity (Wildman–Crippen MR) is 75.6 cm³/mol. The minimum atomic E-state index is -0.739. The fraction of sp³-hybridized carbons (Fsp3) is 0.533. The molecular weight excluding hydrogens is 258 g/mol. The number of aliphatic carboxylic acids is 1. The standard InChI is InChI=1S/C15H21NO4/c1-19-13-7-12(8-14(9-13)20-2)11-3-5-16(10-11)6-4-15(17)18/h7-9,11H,3-6,10H2,1-2H3,(H,17,18). The van der Waals surface area contributed by atoms with Gasteiger partial charge in [-0.25, -0.2) is 0 Å². The van der Waals surface area contributed by atoms with E-state index in [1.165, 1.54) is 5.56 Å². The Labute approximate surface area is 119 Å². The quantitative estimate of drug-likeness (QED) is 0.862. The van der Waals surface area contributed by atoms with Gasteiger partial charge in [0, 0.05) is 19.2 Å². The Kier molecular flexibility index (Phi) is 4.84. The monoisotopic (exact) mass is 279 g/mol. The molecule has 1 heterocycles. The third-order valence-corrected chi connectivity index (χ3v) is 3.76. The van der Waals surface area contributed by atoms with Crippen LogP contribution in [0.2, 0.25) is 0 Å². The van der Waals surface area contributed by atoms with Crippen LogP contribution < -0.4 is 9.47 Å². The Morgan fingerprint density at radius 1 is 1.30 bits per heavy atom. The molecule has 1 fully saturated rings. The molecule has 1 aromatic rings. The molecule has 20 heavy (non-hydrogen) atoms. The molecule has 1 atom stereocenters. The molecule has 0 saturated carbocycles. The highest BCUT2D eigenvalue weighted by Crippen LogP contribution is 2.32. The molecule has 1 saturated heterocycles. The van der Waals surface area contributed by atoms with Gasteiger partial charge in [0.2, 0.25) is 0 Å². The highest BCUT2D eigenvalue weighted by Gasteiger charge is 2.24. The average Bonchev–Trinajstić information content (AvgIpc) is 2.93. The summed E-state index contributed by atoms with van der Waals surface area (Å²) in [6.45, 7) is 2.45. The molecule has 0 bridgehead atoms. The van der Waals surface area contributed by atoms with Crippen LogP contribution in [0.3, 0.4) is 0 Å². The number of carbonyl (C=O) groups is 1. The van der Waals surface area contributed by atoms with Gasteiger partial charge in [-0.15, -0.1) is 0 Å². The molecule has 1 aliphatic rings. The number of carboxylic acids is 1. The predicted octanol–water partition coefficient (Wildman–Crippen LogP) is 1.97. The van der Waals surface area contributed by atoms with E-state index in [4.69, 9.17) is 14.6 Å². The van der Waals surface area contributed by atoms with Crippen LogP contribution in [0.4, 0.5) is 0 Å². The lowest BCUT2D eigenvalue weighted by atomic mass is 9.98. The number of hydrogen-bond acceptors (Lipinski definition) is 4. The van der Waals surface area contributed by atoms with E-state index in [1.54, 1.807) is 14.2 Å². The third kappa shape index (κ3) is 3.63. The fourth-order valence-electron chi connectivity index (χ4n) is 2.63. The largest absolute Gasteiger partial charge is 0.497 e. The number of carboxylic acid groups (broad SMARTS) is 1. The summed E-state index contributed by atoms with van der Waals surface area (Å²) in [5.41, 5.74) is 1.19. The number of rotatable bonds is 6. The first-order chi connectivity index (χ1) is 9.62. The van der Waals surface area contributed by atoms with Crippen molar-refractivity contribution in [3.05, 3.63) is 23.8 Å². The summed E-state index contributed by atoms with van der Waals surface area (Å²) in [4.78, 5) is 12.8. The summed E-state index contributed by atoms with van der Waals surface area (Å²) in [5.74, 6) is 1.26. The SMILES string of the molecule is COc1cc(OC)cc(C2CCN(CCC(=O)O)C2)c1. The molecule has 0 spiro atoms. The van der Waals surface area contributed by atoms with Gasteiger partial charge in [-0.05, 0) is 36.6 Å². The summed E-state index contributed by atoms with van der Waals surface area (Å²) < 4.78 is 10.6. The summed E-state index contributed by atoms with van der Waals surface area (Å²) in [6, 6.07) is 5.93. The van der Waals surface area contributed by atoms with E-state index in [2.05, 4.69) is 4.90 Å². The maximum absolute atomic E-state index is 10.6. The van der Waals surface area contributed by atoms with Crippen molar-refractivity contribution in [2.45, 2.75) is 18.8 Å². The average molecular weight is 279 g/mol. The molecule has 0 aromatic heterocycles. The Bertz CT molecular complexity index is 453. The van der Waals surface area contributed by atoms with Gasteiger partial charge in [-0.2, -0.15) is 0 Å². The summed E-state index contributed by atoms with van der Waals surface area (Å²) >= 11 is 0. The van der Waals surface area contributed by atoms with Gasteiger partial charge >= 0.3 is 5.97 Å². The highest BCUT2D eigenvalue weighted by atomic mass is 16.5. The van der Waals surface area contributed by atoms with Crippen molar-refractivity contribution in [3.8, 4) is 11.5 Å². The molecule has 0 radical (unpaired) electrons. The normalized spacial score (nSPS) is 19.0. The smallest absolute Gasteiger partial charge is 0.304 e. The summed E-state index contributed by atoms with van der Waals surface area (Å²) in [6.07, 6.45) is 1.24. The highest BCUT2D eigenvalue weighted by molar-refractivity contribution is 5.66. The molecule has 0 amide bonds. The first-order valence-electron chi connectivity index (χ1n) is 6.79. The Hall–Kier alpha value is -1.75. The van der Waals surface area contributed by atoms with Crippen molar-refractivity contribution in [3.63, 3.8) is 0 Å². The van der Waals surface area contributed by atoms with Gasteiger partial charge in [0.1, 0.15) is 11.5 Å². The molecule has 0 aliphatic carbocycles. The van der Waals surface area contributed by atoms with E-state index in [9.17, 15) is 4.79 Å². The van der Waals surface area contributed by atoms with Crippen molar-refractivity contribution >= 4 is 5.97 Å².